The number of benzene rings is 2. The quantitative estimate of drug-likeness (QED) is 0.248. The van der Waals surface area contributed by atoms with Crippen LogP contribution in [-0.4, -0.2) is 16.4 Å². The summed E-state index contributed by atoms with van der Waals surface area (Å²) in [5.41, 5.74) is -4.17. The molecule has 28 heavy (non-hydrogen) atoms. The minimum Gasteiger partial charge on any atom is -0.334 e. The lowest BCUT2D eigenvalue weighted by molar-refractivity contribution is -0.394. The van der Waals surface area contributed by atoms with Crippen LogP contribution in [0.2, 0.25) is 5.02 Å². The van der Waals surface area contributed by atoms with Crippen LogP contribution in [0.15, 0.2) is 30.3 Å². The molecule has 0 heterocycles. The highest BCUT2D eigenvalue weighted by Crippen LogP contribution is 2.47. The zero-order valence-electron chi connectivity index (χ0n) is 14.2. The van der Waals surface area contributed by atoms with Gasteiger partial charge in [-0.15, -0.1) is 0 Å². The summed E-state index contributed by atoms with van der Waals surface area (Å²) in [5, 5.41) is 22.6. The van der Waals surface area contributed by atoms with Crippen LogP contribution in [0.4, 0.5) is 35.9 Å². The van der Waals surface area contributed by atoms with Crippen molar-refractivity contribution in [2.75, 3.05) is 11.4 Å². The molecule has 0 aliphatic carbocycles. The normalized spacial score (nSPS) is 11.4. The fourth-order valence-corrected chi connectivity index (χ4v) is 3.58. The number of nitro groups is 2. The predicted octanol–water partition coefficient (Wildman–Crippen LogP) is 6.33. The molecule has 0 aliphatic rings. The highest BCUT2D eigenvalue weighted by atomic mass is 127. The molecule has 0 amide bonds. The van der Waals surface area contributed by atoms with Crippen LogP contribution in [-0.2, 0) is 6.18 Å². The van der Waals surface area contributed by atoms with Crippen molar-refractivity contribution in [3.05, 3.63) is 64.7 Å². The average Bonchev–Trinajstić information content (AvgIpc) is 2.58. The number of nitrogens with zero attached hydrogens (tertiary/aromatic N) is 3. The first-order chi connectivity index (χ1) is 13.0. The van der Waals surface area contributed by atoms with Gasteiger partial charge in [0.15, 0.2) is 0 Å². The van der Waals surface area contributed by atoms with Crippen LogP contribution in [0.5, 0.6) is 0 Å². The third-order valence-electron chi connectivity index (χ3n) is 3.71. The Morgan fingerprint density at radius 2 is 1.79 bits per heavy atom. The van der Waals surface area contributed by atoms with E-state index in [9.17, 15) is 33.4 Å². The Balaban J connectivity index is 2.91. The molecule has 2 aromatic rings. The van der Waals surface area contributed by atoms with E-state index in [1.54, 1.807) is 13.0 Å². The van der Waals surface area contributed by atoms with Crippen molar-refractivity contribution in [3.63, 3.8) is 0 Å². The molecule has 0 radical (unpaired) electrons. The summed E-state index contributed by atoms with van der Waals surface area (Å²) in [6, 6.07) is 5.37. The van der Waals surface area contributed by atoms with Crippen LogP contribution in [0, 0.1) is 23.8 Å². The summed E-state index contributed by atoms with van der Waals surface area (Å²) in [6.07, 6.45) is -4.72. The first kappa shape index (κ1) is 22.1. The minimum absolute atomic E-state index is 0.0258. The van der Waals surface area contributed by atoms with Crippen LogP contribution < -0.4 is 4.90 Å². The summed E-state index contributed by atoms with van der Waals surface area (Å²) < 4.78 is 41.9. The van der Waals surface area contributed by atoms with E-state index in [1.807, 2.05) is 22.6 Å². The molecule has 2 aromatic carbocycles. The van der Waals surface area contributed by atoms with E-state index in [1.165, 1.54) is 12.1 Å². The number of anilines is 2. The highest BCUT2D eigenvalue weighted by Gasteiger charge is 2.41. The summed E-state index contributed by atoms with van der Waals surface area (Å²) in [4.78, 5) is 21.4. The standard InChI is InChI=1S/C16H12ClF3IN3O4/c1-2-5-22(13-4-3-9(21)6-12(13)17)15-11(16(18,19)20)7-10(23(25)26)8-14(15)24(27)28/h3-4,6-8H,2,5H2,1H3. The molecular formula is C16H12ClF3IN3O4. The van der Waals surface area contributed by atoms with Gasteiger partial charge in [-0.3, -0.25) is 20.2 Å². The van der Waals surface area contributed by atoms with Crippen molar-refractivity contribution in [2.45, 2.75) is 19.5 Å². The monoisotopic (exact) mass is 529 g/mol. The molecule has 150 valence electrons. The Hall–Kier alpha value is -2.15. The fraction of sp³-hybridized carbons (Fsp3) is 0.250. The van der Waals surface area contributed by atoms with Gasteiger partial charge in [-0.05, 0) is 47.2 Å². The highest BCUT2D eigenvalue weighted by molar-refractivity contribution is 14.1. The number of alkyl halides is 3. The molecule has 0 saturated carbocycles. The zero-order chi connectivity index (χ0) is 21.2. The maximum absolute atomic E-state index is 13.7. The molecule has 0 aliphatic heterocycles. The molecule has 0 atom stereocenters. The predicted molar refractivity (Wildman–Crippen MR) is 106 cm³/mol. The van der Waals surface area contributed by atoms with Crippen molar-refractivity contribution in [1.29, 1.82) is 0 Å². The van der Waals surface area contributed by atoms with Crippen LogP contribution >= 0.6 is 34.2 Å². The number of halogens is 5. The molecule has 12 heteroatoms. The van der Waals surface area contributed by atoms with E-state index >= 15 is 0 Å². The molecule has 0 saturated heterocycles. The Bertz CT molecular complexity index is 940. The first-order valence-corrected chi connectivity index (χ1v) is 9.19. The summed E-state index contributed by atoms with van der Waals surface area (Å²) in [5.74, 6) is 0. The van der Waals surface area contributed by atoms with Crippen molar-refractivity contribution >= 4 is 56.9 Å². The van der Waals surface area contributed by atoms with Crippen molar-refractivity contribution in [3.8, 4) is 0 Å². The van der Waals surface area contributed by atoms with E-state index in [0.717, 1.165) is 8.47 Å². The largest absolute Gasteiger partial charge is 0.418 e. The third-order valence-corrected chi connectivity index (χ3v) is 4.68. The van der Waals surface area contributed by atoms with Gasteiger partial charge in [0, 0.05) is 16.2 Å². The Labute approximate surface area is 175 Å². The maximum Gasteiger partial charge on any atom is 0.418 e. The number of hydrogen-bond donors (Lipinski definition) is 0. The van der Waals surface area contributed by atoms with Crippen LogP contribution in [0.25, 0.3) is 0 Å². The molecule has 0 fully saturated rings. The Kier molecular flexibility index (Phi) is 6.70. The van der Waals surface area contributed by atoms with Gasteiger partial charge < -0.3 is 4.90 Å². The van der Waals surface area contributed by atoms with E-state index in [2.05, 4.69) is 0 Å². The van der Waals surface area contributed by atoms with E-state index in [-0.39, 0.29) is 17.3 Å². The molecule has 0 bridgehead atoms. The number of non-ortho nitro benzene ring substituents is 1. The molecule has 2 rings (SSSR count). The second-order valence-corrected chi connectivity index (χ2v) is 7.27. The van der Waals surface area contributed by atoms with Gasteiger partial charge >= 0.3 is 6.18 Å². The van der Waals surface area contributed by atoms with Gasteiger partial charge in [0.1, 0.15) is 5.69 Å². The zero-order valence-corrected chi connectivity index (χ0v) is 17.1. The fourth-order valence-electron chi connectivity index (χ4n) is 2.63. The molecule has 0 spiro atoms. The number of nitro benzene ring substituents is 2. The second-order valence-electron chi connectivity index (χ2n) is 5.62. The lowest BCUT2D eigenvalue weighted by Crippen LogP contribution is -2.24. The lowest BCUT2D eigenvalue weighted by Gasteiger charge is -2.28. The Morgan fingerprint density at radius 1 is 1.14 bits per heavy atom. The lowest BCUT2D eigenvalue weighted by atomic mass is 10.1. The second kappa shape index (κ2) is 8.47. The van der Waals surface area contributed by atoms with Gasteiger partial charge in [0.05, 0.1) is 32.2 Å². The number of rotatable bonds is 6. The van der Waals surface area contributed by atoms with Crippen LogP contribution in [0.3, 0.4) is 0 Å². The van der Waals surface area contributed by atoms with E-state index in [4.69, 9.17) is 11.6 Å². The number of hydrogen-bond acceptors (Lipinski definition) is 5. The van der Waals surface area contributed by atoms with Gasteiger partial charge in [0.25, 0.3) is 11.4 Å². The van der Waals surface area contributed by atoms with Crippen LogP contribution in [0.1, 0.15) is 18.9 Å². The van der Waals surface area contributed by atoms with E-state index in [0.29, 0.717) is 18.6 Å². The summed E-state index contributed by atoms with van der Waals surface area (Å²) in [6.45, 7) is 1.65. The van der Waals surface area contributed by atoms with Crippen molar-refractivity contribution in [2.24, 2.45) is 0 Å². The Morgan fingerprint density at radius 3 is 2.25 bits per heavy atom. The smallest absolute Gasteiger partial charge is 0.334 e. The molecule has 0 aromatic heterocycles. The van der Waals surface area contributed by atoms with Crippen molar-refractivity contribution < 1.29 is 23.0 Å². The first-order valence-electron chi connectivity index (χ1n) is 7.74. The van der Waals surface area contributed by atoms with Gasteiger partial charge in [-0.1, -0.05) is 18.5 Å². The van der Waals surface area contributed by atoms with Gasteiger partial charge in [0.2, 0.25) is 0 Å². The van der Waals surface area contributed by atoms with Gasteiger partial charge in [-0.2, -0.15) is 13.2 Å². The molecular weight excluding hydrogens is 518 g/mol. The van der Waals surface area contributed by atoms with Crippen molar-refractivity contribution in [1.82, 2.24) is 0 Å². The van der Waals surface area contributed by atoms with Gasteiger partial charge in [-0.25, -0.2) is 0 Å². The third kappa shape index (κ3) is 4.63. The SMILES string of the molecule is CCCN(c1ccc(I)cc1Cl)c1c([N+](=O)[O-])cc([N+](=O)[O-])cc1C(F)(F)F. The minimum atomic E-state index is -5.06. The maximum atomic E-state index is 13.7. The average molecular weight is 530 g/mol. The molecule has 7 nitrogen and oxygen atoms in total. The van der Waals surface area contributed by atoms with E-state index < -0.39 is 38.6 Å². The molecule has 0 N–H and O–H groups in total. The topological polar surface area (TPSA) is 89.5 Å². The summed E-state index contributed by atoms with van der Waals surface area (Å²) >= 11 is 8.15. The summed E-state index contributed by atoms with van der Waals surface area (Å²) in [7, 11) is 0. The molecule has 0 unspecified atom stereocenters.